The predicted octanol–water partition coefficient (Wildman–Crippen LogP) is 3.53. The summed E-state index contributed by atoms with van der Waals surface area (Å²) in [6.07, 6.45) is 3.73. The van der Waals surface area contributed by atoms with Gasteiger partial charge < -0.3 is 4.90 Å². The molecule has 0 spiro atoms. The Balaban J connectivity index is 2.32. The maximum atomic E-state index is 12.7. The lowest BCUT2D eigenvalue weighted by Gasteiger charge is -2.37. The Morgan fingerprint density at radius 2 is 2.19 bits per heavy atom. The van der Waals surface area contributed by atoms with Gasteiger partial charge >= 0.3 is 0 Å². The fourth-order valence-corrected chi connectivity index (χ4v) is 2.73. The highest BCUT2D eigenvalue weighted by Gasteiger charge is 2.32. The lowest BCUT2D eigenvalue weighted by molar-refractivity contribution is -0.385. The molecular weight excluding hydrogens is 292 g/mol. The number of nitro groups is 1. The third-order valence-corrected chi connectivity index (χ3v) is 4.23. The molecule has 21 heavy (non-hydrogen) atoms. The van der Waals surface area contributed by atoms with Gasteiger partial charge in [0, 0.05) is 24.0 Å². The molecule has 0 aromatic heterocycles. The van der Waals surface area contributed by atoms with Crippen molar-refractivity contribution in [2.24, 2.45) is 0 Å². The smallest absolute Gasteiger partial charge is 0.285 e. The van der Waals surface area contributed by atoms with Crippen molar-refractivity contribution in [2.45, 2.75) is 38.6 Å². The van der Waals surface area contributed by atoms with Gasteiger partial charge in [0.1, 0.15) is 5.56 Å². The third kappa shape index (κ3) is 3.35. The van der Waals surface area contributed by atoms with Gasteiger partial charge in [-0.15, -0.1) is 11.6 Å². The molecule has 0 radical (unpaired) electrons. The second-order valence-corrected chi connectivity index (χ2v) is 5.73. The van der Waals surface area contributed by atoms with Crippen LogP contribution in [0.15, 0.2) is 18.2 Å². The van der Waals surface area contributed by atoms with Crippen molar-refractivity contribution in [1.29, 1.82) is 0 Å². The molecule has 1 aliphatic rings. The van der Waals surface area contributed by atoms with Crippen LogP contribution in [0.2, 0.25) is 0 Å². The summed E-state index contributed by atoms with van der Waals surface area (Å²) >= 11 is 5.72. The van der Waals surface area contributed by atoms with Crippen LogP contribution in [0, 0.1) is 17.0 Å². The Morgan fingerprint density at radius 1 is 1.48 bits per heavy atom. The molecule has 5 nitrogen and oxygen atoms in total. The molecule has 1 aromatic rings. The molecule has 114 valence electrons. The van der Waals surface area contributed by atoms with Gasteiger partial charge in [-0.1, -0.05) is 12.1 Å². The Morgan fingerprint density at radius 3 is 2.71 bits per heavy atom. The minimum Gasteiger partial charge on any atom is -0.335 e. The highest BCUT2D eigenvalue weighted by Crippen LogP contribution is 2.30. The van der Waals surface area contributed by atoms with Gasteiger partial charge in [0.05, 0.1) is 4.92 Å². The van der Waals surface area contributed by atoms with Crippen molar-refractivity contribution in [3.8, 4) is 0 Å². The van der Waals surface area contributed by atoms with Crippen molar-refractivity contribution in [3.05, 3.63) is 39.4 Å². The Bertz CT molecular complexity index is 544. The zero-order valence-electron chi connectivity index (χ0n) is 12.0. The molecule has 6 heteroatoms. The Labute approximate surface area is 129 Å². The number of para-hydroxylation sites is 1. The van der Waals surface area contributed by atoms with E-state index in [1.165, 1.54) is 0 Å². The number of aryl methyl sites for hydroxylation is 1. The molecule has 0 unspecified atom stereocenters. The number of amides is 1. The summed E-state index contributed by atoms with van der Waals surface area (Å²) in [6.45, 7) is 2.21. The zero-order valence-corrected chi connectivity index (χ0v) is 12.8. The highest BCUT2D eigenvalue weighted by atomic mass is 35.5. The average Bonchev–Trinajstić information content (AvgIpc) is 2.39. The van der Waals surface area contributed by atoms with E-state index < -0.39 is 4.92 Å². The van der Waals surface area contributed by atoms with Crippen LogP contribution < -0.4 is 0 Å². The molecule has 2 rings (SSSR count). The largest absolute Gasteiger partial charge is 0.335 e. The summed E-state index contributed by atoms with van der Waals surface area (Å²) < 4.78 is 0. The van der Waals surface area contributed by atoms with Crippen molar-refractivity contribution in [3.63, 3.8) is 0 Å². The molecule has 0 atom stereocenters. The van der Waals surface area contributed by atoms with Crippen molar-refractivity contribution in [2.75, 3.05) is 12.4 Å². The van der Waals surface area contributed by atoms with E-state index in [0.717, 1.165) is 19.3 Å². The van der Waals surface area contributed by atoms with Crippen LogP contribution in [-0.2, 0) is 0 Å². The van der Waals surface area contributed by atoms with Crippen LogP contribution in [0.3, 0.4) is 0 Å². The minimum absolute atomic E-state index is 0.0855. The number of nitrogens with zero attached hydrogens (tertiary/aromatic N) is 2. The first kappa shape index (κ1) is 15.8. The number of alkyl halides is 1. The van der Waals surface area contributed by atoms with Crippen LogP contribution in [-0.4, -0.2) is 34.2 Å². The molecule has 1 aliphatic carbocycles. The first-order chi connectivity index (χ1) is 10.1. The van der Waals surface area contributed by atoms with Gasteiger partial charge in [0.15, 0.2) is 0 Å². The van der Waals surface area contributed by atoms with E-state index in [4.69, 9.17) is 11.6 Å². The van der Waals surface area contributed by atoms with Gasteiger partial charge in [-0.3, -0.25) is 14.9 Å². The van der Waals surface area contributed by atoms with E-state index in [1.54, 1.807) is 30.0 Å². The van der Waals surface area contributed by atoms with Crippen LogP contribution in [0.4, 0.5) is 5.69 Å². The number of nitro benzene ring substituents is 1. The average molecular weight is 311 g/mol. The number of halogens is 1. The highest BCUT2D eigenvalue weighted by molar-refractivity contribution is 6.17. The summed E-state index contributed by atoms with van der Waals surface area (Å²) in [5.41, 5.74) is 0.607. The molecule has 0 bridgehead atoms. The number of carbonyl (C=O) groups excluding carboxylic acids is 1. The molecule has 0 saturated heterocycles. The number of hydrogen-bond acceptors (Lipinski definition) is 3. The van der Waals surface area contributed by atoms with Gasteiger partial charge in [0.25, 0.3) is 11.6 Å². The lowest BCUT2D eigenvalue weighted by Crippen LogP contribution is -2.45. The van der Waals surface area contributed by atoms with Crippen molar-refractivity contribution in [1.82, 2.24) is 4.90 Å². The van der Waals surface area contributed by atoms with Gasteiger partial charge in [-0.25, -0.2) is 0 Å². The molecule has 0 N–H and O–H groups in total. The standard InChI is InChI=1S/C15H19ClN2O3/c1-11-5-2-8-13(14(11)18(20)21)15(19)17(10-4-9-16)12-6-3-7-12/h2,5,8,12H,3-4,6-7,9-10H2,1H3. The first-order valence-electron chi connectivity index (χ1n) is 7.17. The fraction of sp³-hybridized carbons (Fsp3) is 0.533. The topological polar surface area (TPSA) is 63.5 Å². The van der Waals surface area contributed by atoms with Gasteiger partial charge in [-0.2, -0.15) is 0 Å². The summed E-state index contributed by atoms with van der Waals surface area (Å²) in [5, 5.41) is 11.3. The van der Waals surface area contributed by atoms with Gasteiger partial charge in [0.2, 0.25) is 0 Å². The monoisotopic (exact) mass is 310 g/mol. The second-order valence-electron chi connectivity index (χ2n) is 5.35. The molecule has 1 amide bonds. The van der Waals surface area contributed by atoms with Crippen molar-refractivity contribution >= 4 is 23.2 Å². The van der Waals surface area contributed by atoms with E-state index in [-0.39, 0.29) is 23.2 Å². The molecule has 0 aliphatic heterocycles. The number of hydrogen-bond donors (Lipinski definition) is 0. The quantitative estimate of drug-likeness (QED) is 0.459. The van der Waals surface area contributed by atoms with E-state index in [0.29, 0.717) is 24.4 Å². The van der Waals surface area contributed by atoms with Gasteiger partial charge in [-0.05, 0) is 38.7 Å². The first-order valence-corrected chi connectivity index (χ1v) is 7.70. The van der Waals surface area contributed by atoms with E-state index in [9.17, 15) is 14.9 Å². The van der Waals surface area contributed by atoms with Crippen LogP contribution in [0.25, 0.3) is 0 Å². The SMILES string of the molecule is Cc1cccc(C(=O)N(CCCCl)C2CCC2)c1[N+](=O)[O-]. The number of carbonyl (C=O) groups is 1. The molecular formula is C15H19ClN2O3. The molecule has 1 aromatic carbocycles. The number of benzene rings is 1. The lowest BCUT2D eigenvalue weighted by atomic mass is 9.90. The maximum Gasteiger partial charge on any atom is 0.285 e. The summed E-state index contributed by atoms with van der Waals surface area (Å²) in [4.78, 5) is 25.3. The molecule has 0 heterocycles. The fourth-order valence-electron chi connectivity index (χ4n) is 2.61. The van der Waals surface area contributed by atoms with Crippen LogP contribution in [0.5, 0.6) is 0 Å². The summed E-state index contributed by atoms with van der Waals surface area (Å²) in [5.74, 6) is 0.229. The Hall–Kier alpha value is -1.62. The van der Waals surface area contributed by atoms with E-state index >= 15 is 0 Å². The Kier molecular flexibility index (Phi) is 5.17. The van der Waals surface area contributed by atoms with Crippen LogP contribution >= 0.6 is 11.6 Å². The maximum absolute atomic E-state index is 12.7. The molecule has 1 saturated carbocycles. The summed E-state index contributed by atoms with van der Waals surface area (Å²) in [7, 11) is 0. The normalized spacial score (nSPS) is 14.6. The molecule has 1 fully saturated rings. The second kappa shape index (κ2) is 6.89. The summed E-state index contributed by atoms with van der Waals surface area (Å²) in [6, 6.07) is 5.08. The predicted molar refractivity (Wildman–Crippen MR) is 81.8 cm³/mol. The third-order valence-electron chi connectivity index (χ3n) is 3.96. The van der Waals surface area contributed by atoms with Crippen molar-refractivity contribution < 1.29 is 9.72 Å². The minimum atomic E-state index is -0.469. The van der Waals surface area contributed by atoms with E-state index in [1.807, 2.05) is 0 Å². The van der Waals surface area contributed by atoms with Crippen LogP contribution in [0.1, 0.15) is 41.6 Å². The van der Waals surface area contributed by atoms with E-state index in [2.05, 4.69) is 0 Å². The zero-order chi connectivity index (χ0) is 15.4. The number of rotatable bonds is 6.